The van der Waals surface area contributed by atoms with Gasteiger partial charge in [0.15, 0.2) is 0 Å². The molecular weight excluding hydrogens is 392 g/mol. The highest BCUT2D eigenvalue weighted by atomic mass is 79.9. The molecular formula is C17H26Br2N2. The number of halogens is 2. The van der Waals surface area contributed by atoms with Gasteiger partial charge in [-0.3, -0.25) is 0 Å². The van der Waals surface area contributed by atoms with Gasteiger partial charge in [-0.2, -0.15) is 0 Å². The van der Waals surface area contributed by atoms with E-state index in [1.54, 1.807) is 0 Å². The van der Waals surface area contributed by atoms with Gasteiger partial charge in [0, 0.05) is 21.0 Å². The second-order valence-electron chi connectivity index (χ2n) is 6.02. The third-order valence-corrected chi connectivity index (χ3v) is 5.51. The SMILES string of the molecule is CCCCN1CCC(NC(C)c2ccc(Br)cc2Br)CC1. The molecule has 1 N–H and O–H groups in total. The van der Waals surface area contributed by atoms with Gasteiger partial charge in [0.25, 0.3) is 0 Å². The van der Waals surface area contributed by atoms with E-state index in [4.69, 9.17) is 0 Å². The first kappa shape index (κ1) is 17.5. The van der Waals surface area contributed by atoms with Crippen LogP contribution in [0.3, 0.4) is 0 Å². The van der Waals surface area contributed by atoms with E-state index in [0.717, 1.165) is 4.47 Å². The molecule has 4 heteroatoms. The first-order chi connectivity index (χ1) is 10.1. The van der Waals surface area contributed by atoms with Gasteiger partial charge in [-0.1, -0.05) is 51.3 Å². The molecule has 1 aliphatic rings. The number of rotatable bonds is 6. The molecule has 1 unspecified atom stereocenters. The zero-order valence-corrected chi connectivity index (χ0v) is 16.2. The minimum Gasteiger partial charge on any atom is -0.307 e. The monoisotopic (exact) mass is 416 g/mol. The van der Waals surface area contributed by atoms with E-state index in [-0.39, 0.29) is 0 Å². The molecule has 0 saturated carbocycles. The van der Waals surface area contributed by atoms with Crippen LogP contribution >= 0.6 is 31.9 Å². The quantitative estimate of drug-likeness (QED) is 0.690. The van der Waals surface area contributed by atoms with E-state index >= 15 is 0 Å². The highest BCUT2D eigenvalue weighted by molar-refractivity contribution is 9.11. The van der Waals surface area contributed by atoms with Gasteiger partial charge in [-0.15, -0.1) is 0 Å². The molecule has 0 radical (unpaired) electrons. The van der Waals surface area contributed by atoms with Crippen molar-refractivity contribution in [3.63, 3.8) is 0 Å². The van der Waals surface area contributed by atoms with E-state index < -0.39 is 0 Å². The summed E-state index contributed by atoms with van der Waals surface area (Å²) in [6, 6.07) is 7.47. The number of benzene rings is 1. The predicted octanol–water partition coefficient (Wildman–Crippen LogP) is 5.13. The molecule has 0 aliphatic carbocycles. The van der Waals surface area contributed by atoms with Gasteiger partial charge in [0.2, 0.25) is 0 Å². The van der Waals surface area contributed by atoms with Crippen LogP contribution in [0, 0.1) is 0 Å². The van der Waals surface area contributed by atoms with E-state index in [1.807, 2.05) is 0 Å². The molecule has 1 aliphatic heterocycles. The summed E-state index contributed by atoms with van der Waals surface area (Å²) in [5.74, 6) is 0. The highest BCUT2D eigenvalue weighted by Gasteiger charge is 2.21. The molecule has 1 saturated heterocycles. The summed E-state index contributed by atoms with van der Waals surface area (Å²) in [5, 5.41) is 3.80. The smallest absolute Gasteiger partial charge is 0.0305 e. The Balaban J connectivity index is 1.82. The molecule has 1 atom stereocenters. The number of hydrogen-bond acceptors (Lipinski definition) is 2. The molecule has 1 aromatic rings. The average molecular weight is 418 g/mol. The van der Waals surface area contributed by atoms with Crippen LogP contribution in [-0.4, -0.2) is 30.6 Å². The van der Waals surface area contributed by atoms with Crippen LogP contribution in [0.25, 0.3) is 0 Å². The van der Waals surface area contributed by atoms with Gasteiger partial charge in [-0.25, -0.2) is 0 Å². The Kier molecular flexibility index (Phi) is 7.20. The van der Waals surface area contributed by atoms with E-state index in [9.17, 15) is 0 Å². The maximum atomic E-state index is 3.80. The van der Waals surface area contributed by atoms with Crippen LogP contribution in [-0.2, 0) is 0 Å². The Hall–Kier alpha value is 0.1000. The number of hydrogen-bond donors (Lipinski definition) is 1. The molecule has 1 fully saturated rings. The lowest BCUT2D eigenvalue weighted by Crippen LogP contribution is -2.43. The lowest BCUT2D eigenvalue weighted by molar-refractivity contribution is 0.190. The standard InChI is InChI=1S/C17H26Br2N2/c1-3-4-9-21-10-7-15(8-11-21)20-13(2)16-6-5-14(18)12-17(16)19/h5-6,12-13,15,20H,3-4,7-11H2,1-2H3. The second kappa shape index (κ2) is 8.66. The zero-order chi connectivity index (χ0) is 15.2. The minimum absolute atomic E-state index is 0.389. The fourth-order valence-electron chi connectivity index (χ4n) is 3.00. The number of piperidine rings is 1. The van der Waals surface area contributed by atoms with E-state index in [0.29, 0.717) is 12.1 Å². The van der Waals surface area contributed by atoms with Crippen LogP contribution in [0.5, 0.6) is 0 Å². The molecule has 0 aromatic heterocycles. The maximum Gasteiger partial charge on any atom is 0.0305 e. The Morgan fingerprint density at radius 3 is 2.62 bits per heavy atom. The van der Waals surface area contributed by atoms with Crippen LogP contribution in [0.15, 0.2) is 27.1 Å². The molecule has 2 nitrogen and oxygen atoms in total. The zero-order valence-electron chi connectivity index (χ0n) is 13.0. The van der Waals surface area contributed by atoms with Crippen molar-refractivity contribution in [1.82, 2.24) is 10.2 Å². The Bertz CT molecular complexity index is 442. The lowest BCUT2D eigenvalue weighted by atomic mass is 10.0. The predicted molar refractivity (Wildman–Crippen MR) is 97.8 cm³/mol. The summed E-state index contributed by atoms with van der Waals surface area (Å²) >= 11 is 7.19. The molecule has 118 valence electrons. The average Bonchev–Trinajstić information content (AvgIpc) is 2.46. The van der Waals surface area contributed by atoms with Crippen molar-refractivity contribution in [2.24, 2.45) is 0 Å². The molecule has 0 amide bonds. The summed E-state index contributed by atoms with van der Waals surface area (Å²) in [5.41, 5.74) is 1.34. The molecule has 1 aromatic carbocycles. The lowest BCUT2D eigenvalue weighted by Gasteiger charge is -2.34. The number of nitrogens with zero attached hydrogens (tertiary/aromatic N) is 1. The first-order valence-corrected chi connectivity index (χ1v) is 9.62. The molecule has 0 bridgehead atoms. The van der Waals surface area contributed by atoms with Gasteiger partial charge in [-0.05, 0) is 63.5 Å². The van der Waals surface area contributed by atoms with Crippen LogP contribution < -0.4 is 5.32 Å². The Morgan fingerprint density at radius 1 is 1.29 bits per heavy atom. The van der Waals surface area contributed by atoms with Crippen molar-refractivity contribution in [2.45, 2.75) is 51.6 Å². The van der Waals surface area contributed by atoms with Gasteiger partial charge < -0.3 is 10.2 Å². The minimum atomic E-state index is 0.389. The number of likely N-dealkylation sites (tertiary alicyclic amines) is 1. The summed E-state index contributed by atoms with van der Waals surface area (Å²) < 4.78 is 2.30. The summed E-state index contributed by atoms with van der Waals surface area (Å²) in [6.07, 6.45) is 5.16. The van der Waals surface area contributed by atoms with Crippen molar-refractivity contribution in [1.29, 1.82) is 0 Å². The van der Waals surface area contributed by atoms with Crippen molar-refractivity contribution in [3.05, 3.63) is 32.7 Å². The normalized spacial score (nSPS) is 18.9. The van der Waals surface area contributed by atoms with Crippen LogP contribution in [0.4, 0.5) is 0 Å². The molecule has 21 heavy (non-hydrogen) atoms. The van der Waals surface area contributed by atoms with Crippen LogP contribution in [0.1, 0.15) is 51.1 Å². The second-order valence-corrected chi connectivity index (χ2v) is 7.79. The largest absolute Gasteiger partial charge is 0.307 e. The third-order valence-electron chi connectivity index (χ3n) is 4.33. The van der Waals surface area contributed by atoms with Crippen molar-refractivity contribution >= 4 is 31.9 Å². The Morgan fingerprint density at radius 2 is 2.00 bits per heavy atom. The molecule has 0 spiro atoms. The van der Waals surface area contributed by atoms with E-state index in [2.05, 4.69) is 74.1 Å². The first-order valence-electron chi connectivity index (χ1n) is 8.03. The van der Waals surface area contributed by atoms with Crippen molar-refractivity contribution in [3.8, 4) is 0 Å². The van der Waals surface area contributed by atoms with Crippen LogP contribution in [0.2, 0.25) is 0 Å². The number of unbranched alkanes of at least 4 members (excludes halogenated alkanes) is 1. The summed E-state index contributed by atoms with van der Waals surface area (Å²) in [4.78, 5) is 2.61. The number of nitrogens with one attached hydrogen (secondary N) is 1. The summed E-state index contributed by atoms with van der Waals surface area (Å²) in [6.45, 7) is 8.29. The highest BCUT2D eigenvalue weighted by Crippen LogP contribution is 2.27. The Labute approximate surface area is 145 Å². The van der Waals surface area contributed by atoms with Gasteiger partial charge in [0.1, 0.15) is 0 Å². The maximum absolute atomic E-state index is 3.80. The fourth-order valence-corrected chi connectivity index (χ4v) is 4.39. The third kappa shape index (κ3) is 5.34. The van der Waals surface area contributed by atoms with Crippen molar-refractivity contribution in [2.75, 3.05) is 19.6 Å². The van der Waals surface area contributed by atoms with Gasteiger partial charge >= 0.3 is 0 Å². The molecule has 1 heterocycles. The summed E-state index contributed by atoms with van der Waals surface area (Å²) in [7, 11) is 0. The van der Waals surface area contributed by atoms with Gasteiger partial charge in [0.05, 0.1) is 0 Å². The van der Waals surface area contributed by atoms with E-state index in [1.165, 1.54) is 55.4 Å². The molecule has 2 rings (SSSR count). The van der Waals surface area contributed by atoms with Crippen molar-refractivity contribution < 1.29 is 0 Å². The topological polar surface area (TPSA) is 15.3 Å². The fraction of sp³-hybridized carbons (Fsp3) is 0.647.